The van der Waals surface area contributed by atoms with E-state index in [4.69, 9.17) is 10.5 Å². The number of rotatable bonds is 7. The van der Waals surface area contributed by atoms with Gasteiger partial charge in [-0.15, -0.1) is 0 Å². The molecule has 2 aromatic heterocycles. The number of hydrogen-bond acceptors (Lipinski definition) is 4. The van der Waals surface area contributed by atoms with Gasteiger partial charge in [0.1, 0.15) is 0 Å². The molecule has 0 aliphatic heterocycles. The summed E-state index contributed by atoms with van der Waals surface area (Å²) in [5.41, 5.74) is 10.5. The largest absolute Gasteiger partial charge is 0.469 e. The van der Waals surface area contributed by atoms with Crippen LogP contribution in [-0.2, 0) is 22.5 Å². The van der Waals surface area contributed by atoms with Crippen LogP contribution in [0.3, 0.4) is 0 Å². The van der Waals surface area contributed by atoms with Crippen molar-refractivity contribution in [3.05, 3.63) is 77.4 Å². The summed E-state index contributed by atoms with van der Waals surface area (Å²) in [7, 11) is 1.37. The highest BCUT2D eigenvalue weighted by Gasteiger charge is 2.25. The van der Waals surface area contributed by atoms with Gasteiger partial charge in [0.15, 0.2) is 0 Å². The number of esters is 1. The minimum atomic E-state index is -0.498. The number of amides is 1. The van der Waals surface area contributed by atoms with Crippen molar-refractivity contribution in [2.24, 2.45) is 5.73 Å². The van der Waals surface area contributed by atoms with Crippen molar-refractivity contribution in [3.63, 3.8) is 0 Å². The maximum atomic E-state index is 12.3. The molecule has 144 valence electrons. The van der Waals surface area contributed by atoms with Gasteiger partial charge in [0, 0.05) is 41.5 Å². The van der Waals surface area contributed by atoms with E-state index in [2.05, 4.69) is 9.55 Å². The van der Waals surface area contributed by atoms with Crippen LogP contribution >= 0.6 is 0 Å². The number of ether oxygens (including phenoxy) is 1. The predicted molar refractivity (Wildman–Crippen MR) is 107 cm³/mol. The Labute approximate surface area is 164 Å². The van der Waals surface area contributed by atoms with Gasteiger partial charge in [-0.3, -0.25) is 14.6 Å². The number of carbonyl (C=O) groups is 2. The third-order valence-corrected chi connectivity index (χ3v) is 4.80. The van der Waals surface area contributed by atoms with Gasteiger partial charge in [-0.25, -0.2) is 0 Å². The Kier molecular flexibility index (Phi) is 5.89. The van der Waals surface area contributed by atoms with Crippen LogP contribution < -0.4 is 5.73 Å². The third-order valence-electron chi connectivity index (χ3n) is 4.80. The van der Waals surface area contributed by atoms with Gasteiger partial charge in [0.2, 0.25) is 0 Å². The first-order valence-corrected chi connectivity index (χ1v) is 9.05. The van der Waals surface area contributed by atoms with Crippen LogP contribution in [0.5, 0.6) is 0 Å². The van der Waals surface area contributed by atoms with E-state index < -0.39 is 5.91 Å². The van der Waals surface area contributed by atoms with E-state index in [1.54, 1.807) is 12.4 Å². The lowest BCUT2D eigenvalue weighted by molar-refractivity contribution is -0.140. The molecule has 0 radical (unpaired) electrons. The quantitative estimate of drug-likeness (QED) is 0.641. The Bertz CT molecular complexity index is 979. The summed E-state index contributed by atoms with van der Waals surface area (Å²) in [6.45, 7) is 2.45. The van der Waals surface area contributed by atoms with Crippen LogP contribution in [0.15, 0.2) is 54.9 Å². The molecule has 28 heavy (non-hydrogen) atoms. The molecule has 0 bridgehead atoms. The molecule has 0 spiro atoms. The van der Waals surface area contributed by atoms with Crippen LogP contribution in [0, 0.1) is 6.92 Å². The van der Waals surface area contributed by atoms with E-state index >= 15 is 0 Å². The van der Waals surface area contributed by atoms with Crippen molar-refractivity contribution in [2.45, 2.75) is 26.3 Å². The number of benzene rings is 1. The minimum absolute atomic E-state index is 0.209. The van der Waals surface area contributed by atoms with Crippen LogP contribution in [0.25, 0.3) is 11.1 Å². The Morgan fingerprint density at radius 3 is 2.50 bits per heavy atom. The summed E-state index contributed by atoms with van der Waals surface area (Å²) in [4.78, 5) is 28.3. The van der Waals surface area contributed by atoms with E-state index in [0.717, 1.165) is 28.1 Å². The minimum Gasteiger partial charge on any atom is -0.469 e. The first kappa shape index (κ1) is 19.4. The number of hydrogen-bond donors (Lipinski definition) is 1. The van der Waals surface area contributed by atoms with Crippen molar-refractivity contribution in [1.82, 2.24) is 9.55 Å². The summed E-state index contributed by atoms with van der Waals surface area (Å²) in [5, 5.41) is 0. The maximum absolute atomic E-state index is 12.3. The smallest absolute Gasteiger partial charge is 0.305 e. The Morgan fingerprint density at radius 1 is 1.14 bits per heavy atom. The second kappa shape index (κ2) is 8.52. The first-order chi connectivity index (χ1) is 13.5. The van der Waals surface area contributed by atoms with Gasteiger partial charge in [-0.2, -0.15) is 0 Å². The first-order valence-electron chi connectivity index (χ1n) is 9.05. The molecule has 6 heteroatoms. The molecule has 6 nitrogen and oxygen atoms in total. The van der Waals surface area contributed by atoms with Crippen molar-refractivity contribution in [3.8, 4) is 11.1 Å². The number of methoxy groups -OCH3 is 1. The Morgan fingerprint density at radius 2 is 1.89 bits per heavy atom. The third kappa shape index (κ3) is 3.96. The van der Waals surface area contributed by atoms with E-state index in [1.807, 2.05) is 49.4 Å². The molecule has 2 heterocycles. The van der Waals surface area contributed by atoms with Crippen molar-refractivity contribution >= 4 is 11.9 Å². The maximum Gasteiger partial charge on any atom is 0.305 e. The monoisotopic (exact) mass is 377 g/mol. The number of pyridine rings is 1. The molecule has 1 amide bonds. The topological polar surface area (TPSA) is 87.2 Å². The summed E-state index contributed by atoms with van der Waals surface area (Å²) < 4.78 is 6.86. The normalized spacial score (nSPS) is 10.6. The van der Waals surface area contributed by atoms with Gasteiger partial charge >= 0.3 is 5.97 Å². The lowest BCUT2D eigenvalue weighted by Crippen LogP contribution is -2.13. The summed E-state index contributed by atoms with van der Waals surface area (Å²) in [6.07, 6.45) is 4.02. The molecule has 0 saturated heterocycles. The van der Waals surface area contributed by atoms with Gasteiger partial charge < -0.3 is 15.0 Å². The second-order valence-electron chi connectivity index (χ2n) is 6.54. The molecule has 0 aliphatic rings. The lowest BCUT2D eigenvalue weighted by Gasteiger charge is -2.13. The van der Waals surface area contributed by atoms with Gasteiger partial charge in [0.25, 0.3) is 5.91 Å². The molecule has 0 atom stereocenters. The molecule has 0 saturated carbocycles. The molecular formula is C22H23N3O3. The standard InChI is InChI=1S/C22H23N3O3/c1-15-20(22(23)27)21(17-9-6-12-24-13-17)18(10-11-19(26)28-2)25(15)14-16-7-4-3-5-8-16/h3-9,12-13H,10-11,14H2,1-2H3,(H2,23,27). The number of nitrogens with two attached hydrogens (primary N) is 1. The summed E-state index contributed by atoms with van der Waals surface area (Å²) in [5.74, 6) is -0.801. The van der Waals surface area contributed by atoms with Crippen LogP contribution in [0.2, 0.25) is 0 Å². The zero-order valence-electron chi connectivity index (χ0n) is 16.0. The van der Waals surface area contributed by atoms with Crippen molar-refractivity contribution in [2.75, 3.05) is 7.11 Å². The van der Waals surface area contributed by atoms with Crippen molar-refractivity contribution < 1.29 is 14.3 Å². The molecule has 3 aromatic rings. The number of primary amides is 1. The zero-order valence-corrected chi connectivity index (χ0v) is 16.0. The predicted octanol–water partition coefficient (Wildman–Crippen LogP) is 3.11. The second-order valence-corrected chi connectivity index (χ2v) is 6.54. The highest BCUT2D eigenvalue weighted by atomic mass is 16.5. The fourth-order valence-electron chi connectivity index (χ4n) is 3.48. The van der Waals surface area contributed by atoms with E-state index in [9.17, 15) is 9.59 Å². The number of carbonyl (C=O) groups excluding carboxylic acids is 2. The fourth-order valence-corrected chi connectivity index (χ4v) is 3.48. The van der Waals surface area contributed by atoms with Crippen molar-refractivity contribution in [1.29, 1.82) is 0 Å². The number of nitrogens with zero attached hydrogens (tertiary/aromatic N) is 2. The molecule has 0 unspecified atom stereocenters. The number of aromatic nitrogens is 2. The van der Waals surface area contributed by atoms with Crippen LogP contribution in [0.4, 0.5) is 0 Å². The van der Waals surface area contributed by atoms with Crippen LogP contribution in [0.1, 0.15) is 33.7 Å². The molecular weight excluding hydrogens is 354 g/mol. The SMILES string of the molecule is COC(=O)CCc1c(-c2cccnc2)c(C(N)=O)c(C)n1Cc1ccccc1. The van der Waals surface area contributed by atoms with E-state index in [1.165, 1.54) is 7.11 Å². The Hall–Kier alpha value is -3.41. The molecule has 2 N–H and O–H groups in total. The summed E-state index contributed by atoms with van der Waals surface area (Å²) in [6, 6.07) is 13.7. The highest BCUT2D eigenvalue weighted by Crippen LogP contribution is 2.33. The average Bonchev–Trinajstić information content (AvgIpc) is 2.99. The highest BCUT2D eigenvalue weighted by molar-refractivity contribution is 6.02. The zero-order chi connectivity index (χ0) is 20.1. The average molecular weight is 377 g/mol. The molecule has 0 fully saturated rings. The molecule has 1 aromatic carbocycles. The lowest BCUT2D eigenvalue weighted by atomic mass is 9.99. The molecule has 3 rings (SSSR count). The van der Waals surface area contributed by atoms with E-state index in [-0.39, 0.29) is 12.4 Å². The molecule has 0 aliphatic carbocycles. The Balaban J connectivity index is 2.19. The van der Waals surface area contributed by atoms with E-state index in [0.29, 0.717) is 18.5 Å². The van der Waals surface area contributed by atoms with Gasteiger partial charge in [0.05, 0.1) is 19.1 Å². The van der Waals surface area contributed by atoms with Gasteiger partial charge in [-0.1, -0.05) is 36.4 Å². The summed E-state index contributed by atoms with van der Waals surface area (Å²) >= 11 is 0. The fraction of sp³-hybridized carbons (Fsp3) is 0.227. The van der Waals surface area contributed by atoms with Gasteiger partial charge in [-0.05, 0) is 25.0 Å². The van der Waals surface area contributed by atoms with Crippen LogP contribution in [-0.4, -0.2) is 28.5 Å².